The summed E-state index contributed by atoms with van der Waals surface area (Å²) in [6, 6.07) is 0. The number of rotatable bonds is 55. The number of hydrogen-bond acceptors (Lipinski definition) is 41. The number of aliphatic hydroxyl groups is 23. The average molecular weight is 1770 g/mol. The van der Waals surface area contributed by atoms with Crippen LogP contribution in [-0.2, 0) is 84.7 Å². The summed E-state index contributed by atoms with van der Waals surface area (Å²) in [4.78, 5) is 25.0. The summed E-state index contributed by atoms with van der Waals surface area (Å²) in [5.41, 5.74) is 0. The summed E-state index contributed by atoms with van der Waals surface area (Å²) < 4.78 is 106. The van der Waals surface area contributed by atoms with Gasteiger partial charge in [-0.3, -0.25) is 13.8 Å². The second-order valence-corrected chi connectivity index (χ2v) is 33.9. The smallest absolute Gasteiger partial charge is 0.463 e. The molecule has 0 bridgehead atoms. The van der Waals surface area contributed by atoms with Gasteiger partial charge in [0.25, 0.3) is 0 Å². The van der Waals surface area contributed by atoms with E-state index in [0.29, 0.717) is 12.8 Å². The second kappa shape index (κ2) is 53.9. The van der Waals surface area contributed by atoms with E-state index in [-0.39, 0.29) is 13.0 Å². The standard InChI is InChI=1S/C77H141O42P/c1-3-5-7-9-11-13-15-17-19-21-23-25-27-29-31-104-40(36-105-47(82)30-28-26-24-22-20-18-16-14-12-10-8-6-4-2)37-108-120(102,103)119-71-67(115-73-64(99)54(89)48(83)41(32-78)109-73)61(96)58(93)62(97)68(71)116-75-66(101)57(92)53(88)46(114-75)38-106-72-63(98)56(91)52(87)45(113-72)39-107-76-69(59(94)50(85)43(34-80)111-76)118-77-70(60(95)51(86)44(35-81)112-77)117-74-65(100)55(90)49(84)42(33-79)110-74/h40-46,48-81,83-101H,3-39H2,1-2H3,(H,102,103)/t40-,41-,42-,43-,44-,45-,46-,48-,49-,50-,51-,52-,53-,54+,55+,56+,57+,58-,59+,60+,61-,62+,63+,64+,65+,66+,67-,68-,69+,70+,71-,72+,73-,74-,75-,76+,77-/m1/s1. The summed E-state index contributed by atoms with van der Waals surface area (Å²) in [6.07, 6.45) is -49.0. The fourth-order valence-corrected chi connectivity index (χ4v) is 16.5. The molecule has 0 aromatic rings. The number of unbranched alkanes of at least 4 members (excludes halogenated alkanes) is 25. The van der Waals surface area contributed by atoms with Crippen LogP contribution < -0.4 is 0 Å². The van der Waals surface area contributed by atoms with E-state index in [0.717, 1.165) is 70.6 Å². The third-order valence-electron chi connectivity index (χ3n) is 23.2. The van der Waals surface area contributed by atoms with Crippen molar-refractivity contribution in [2.75, 3.05) is 59.5 Å². The largest absolute Gasteiger partial charge is 0.472 e. The molecule has 1 unspecified atom stereocenters. The molecule has 7 rings (SSSR count). The van der Waals surface area contributed by atoms with Gasteiger partial charge >= 0.3 is 13.8 Å². The molecular formula is C77H141O42P. The van der Waals surface area contributed by atoms with E-state index in [2.05, 4.69) is 13.8 Å². The second-order valence-electron chi connectivity index (χ2n) is 32.5. The summed E-state index contributed by atoms with van der Waals surface area (Å²) in [7, 11) is -5.76. The maximum atomic E-state index is 14.5. The lowest BCUT2D eigenvalue weighted by atomic mass is 9.84. The lowest BCUT2D eigenvalue weighted by molar-refractivity contribution is -0.396. The van der Waals surface area contributed by atoms with E-state index in [4.69, 9.17) is 75.4 Å². The molecule has 706 valence electrons. The fraction of sp³-hybridized carbons (Fsp3) is 0.987. The monoisotopic (exact) mass is 1770 g/mol. The van der Waals surface area contributed by atoms with Crippen molar-refractivity contribution in [3.63, 3.8) is 0 Å². The SMILES string of the molecule is CCCCCCCCCCCCCCCCO[C@H](COC(=O)CCCCCCCCCCCCCCC)COP(=O)(O)O[C@@H]1[C@H](O[C@H]2O[C@H](CO)[C@@H](O)[C@H](O)[C@@H]2O)[C@H](O)[C@@H](O)[C@H](O)[C@H]1O[C@H]1O[C@H](CO[C@H]2O[C@H](CO[C@H]3O[C@H](CO)[C@@H](O)[C@H](O)[C@@H]3O[C@H]3O[C@H](CO)[C@@H](O)[C@H](O)[C@@H]3O[C@H]3O[C@H](CO)[C@@H](O)[C@H](O)[C@@H]3O)[C@@H](O)[C@H](O)[C@@H]2O)[C@@H](O)[C@H](O)[C@@H]1O. The van der Waals surface area contributed by atoms with Crippen LogP contribution in [0, 0.1) is 0 Å². The molecule has 0 amide bonds. The predicted molar refractivity (Wildman–Crippen MR) is 408 cm³/mol. The molecule has 6 heterocycles. The van der Waals surface area contributed by atoms with Crippen LogP contribution >= 0.6 is 7.82 Å². The van der Waals surface area contributed by atoms with Crippen molar-refractivity contribution in [1.82, 2.24) is 0 Å². The van der Waals surface area contributed by atoms with Gasteiger partial charge in [-0.2, -0.15) is 0 Å². The van der Waals surface area contributed by atoms with Gasteiger partial charge < -0.3 is 189 Å². The van der Waals surface area contributed by atoms with Crippen LogP contribution in [0.3, 0.4) is 0 Å². The number of esters is 1. The molecule has 7 aliphatic rings. The predicted octanol–water partition coefficient (Wildman–Crippen LogP) is -4.86. The van der Waals surface area contributed by atoms with E-state index < -0.39 is 294 Å². The van der Waals surface area contributed by atoms with Crippen molar-refractivity contribution in [3.05, 3.63) is 0 Å². The van der Waals surface area contributed by atoms with Crippen LogP contribution in [0.25, 0.3) is 0 Å². The summed E-state index contributed by atoms with van der Waals surface area (Å²) in [5, 5.41) is 252. The molecule has 120 heavy (non-hydrogen) atoms. The Morgan fingerprint density at radius 1 is 0.308 bits per heavy atom. The lowest BCUT2D eigenvalue weighted by Gasteiger charge is -2.49. The highest BCUT2D eigenvalue weighted by atomic mass is 31.2. The van der Waals surface area contributed by atoms with Gasteiger partial charge in [-0.15, -0.1) is 0 Å². The van der Waals surface area contributed by atoms with Gasteiger partial charge in [0.2, 0.25) is 0 Å². The zero-order chi connectivity index (χ0) is 87.9. The molecule has 1 saturated carbocycles. The molecule has 6 aliphatic heterocycles. The molecule has 42 nitrogen and oxygen atoms in total. The van der Waals surface area contributed by atoms with Crippen LogP contribution in [0.2, 0.25) is 0 Å². The normalized spacial score (nSPS) is 40.4. The van der Waals surface area contributed by atoms with E-state index in [1.165, 1.54) is 89.9 Å². The lowest BCUT2D eigenvalue weighted by Crippen LogP contribution is -2.69. The Bertz CT molecular complexity index is 2800. The van der Waals surface area contributed by atoms with Gasteiger partial charge in [0.1, 0.15) is 196 Å². The number of carbonyl (C=O) groups excluding carboxylic acids is 1. The molecule has 1 aliphatic carbocycles. The highest BCUT2D eigenvalue weighted by molar-refractivity contribution is 7.47. The summed E-state index contributed by atoms with van der Waals surface area (Å²) in [6.45, 7) is -2.94. The molecule has 43 heteroatoms. The Morgan fingerprint density at radius 3 is 0.992 bits per heavy atom. The van der Waals surface area contributed by atoms with Gasteiger partial charge in [0.15, 0.2) is 37.7 Å². The number of aliphatic hydroxyl groups excluding tert-OH is 23. The van der Waals surface area contributed by atoms with Crippen molar-refractivity contribution in [2.24, 2.45) is 0 Å². The topological polar surface area (TPSA) is 667 Å². The quantitative estimate of drug-likeness (QED) is 0.0154. The van der Waals surface area contributed by atoms with Crippen LogP contribution in [0.4, 0.5) is 0 Å². The zero-order valence-corrected chi connectivity index (χ0v) is 69.4. The number of phosphoric acid groups is 1. The molecule has 0 radical (unpaired) electrons. The van der Waals surface area contributed by atoms with Gasteiger partial charge in [-0.1, -0.05) is 174 Å². The zero-order valence-electron chi connectivity index (χ0n) is 68.6. The molecular weight excluding hydrogens is 1630 g/mol. The van der Waals surface area contributed by atoms with Crippen molar-refractivity contribution in [2.45, 2.75) is 421 Å². The first-order chi connectivity index (χ1) is 57.4. The molecule has 0 aromatic carbocycles. The maximum Gasteiger partial charge on any atom is 0.472 e. The highest BCUT2D eigenvalue weighted by Crippen LogP contribution is 2.49. The molecule has 0 aromatic heterocycles. The van der Waals surface area contributed by atoms with E-state index in [1.54, 1.807) is 0 Å². The minimum absolute atomic E-state index is 0.0565. The molecule has 24 N–H and O–H groups in total. The third-order valence-corrected chi connectivity index (χ3v) is 24.1. The van der Waals surface area contributed by atoms with Crippen LogP contribution in [0.5, 0.6) is 0 Å². The summed E-state index contributed by atoms with van der Waals surface area (Å²) in [5.74, 6) is -0.585. The third kappa shape index (κ3) is 30.6. The Kier molecular flexibility index (Phi) is 47.3. The van der Waals surface area contributed by atoms with Crippen molar-refractivity contribution < 1.29 is 207 Å². The minimum Gasteiger partial charge on any atom is -0.463 e. The number of ether oxygens (including phenoxy) is 14. The average Bonchev–Trinajstić information content (AvgIpc) is 0.772. The first-order valence-corrected chi connectivity index (χ1v) is 44.5. The van der Waals surface area contributed by atoms with Gasteiger partial charge in [-0.25, -0.2) is 4.57 Å². The Labute approximate surface area is 698 Å². The van der Waals surface area contributed by atoms with E-state index >= 15 is 0 Å². The number of phosphoric ester groups is 1. The van der Waals surface area contributed by atoms with E-state index in [9.17, 15) is 132 Å². The summed E-state index contributed by atoms with van der Waals surface area (Å²) >= 11 is 0. The highest BCUT2D eigenvalue weighted by Gasteiger charge is 2.60. The minimum atomic E-state index is -5.76. The van der Waals surface area contributed by atoms with Crippen LogP contribution in [-0.4, -0.2) is 415 Å². The molecule has 6 saturated heterocycles. The van der Waals surface area contributed by atoms with E-state index in [1.807, 2.05) is 0 Å². The van der Waals surface area contributed by atoms with Crippen molar-refractivity contribution in [1.29, 1.82) is 0 Å². The molecule has 7 fully saturated rings. The van der Waals surface area contributed by atoms with Gasteiger partial charge in [0, 0.05) is 13.0 Å². The van der Waals surface area contributed by atoms with Crippen molar-refractivity contribution in [3.8, 4) is 0 Å². The maximum absolute atomic E-state index is 14.5. The Balaban J connectivity index is 1.04. The van der Waals surface area contributed by atoms with Crippen LogP contribution in [0.15, 0.2) is 0 Å². The fourth-order valence-electron chi connectivity index (χ4n) is 15.6. The Hall–Kier alpha value is -1.86. The van der Waals surface area contributed by atoms with Crippen LogP contribution in [0.1, 0.15) is 194 Å². The molecule has 38 atom stereocenters. The van der Waals surface area contributed by atoms with Gasteiger partial charge in [-0.05, 0) is 12.8 Å². The number of hydrogen-bond donors (Lipinski definition) is 24. The van der Waals surface area contributed by atoms with Crippen molar-refractivity contribution >= 4 is 13.8 Å². The Morgan fingerprint density at radius 2 is 0.592 bits per heavy atom. The molecule has 0 spiro atoms. The van der Waals surface area contributed by atoms with Gasteiger partial charge in [0.05, 0.1) is 46.2 Å². The first kappa shape index (κ1) is 105. The first-order valence-electron chi connectivity index (χ1n) is 43.0. The number of carbonyl (C=O) groups is 1.